The molecule has 0 aliphatic rings. The molecule has 0 spiro atoms. The van der Waals surface area contributed by atoms with Crippen LogP contribution >= 0.6 is 22.9 Å². The Hall–Kier alpha value is -1.36. The lowest BCUT2D eigenvalue weighted by Crippen LogP contribution is -2.38. The fourth-order valence-corrected chi connectivity index (χ4v) is 2.80. The smallest absolute Gasteiger partial charge is 0.220 e. The minimum Gasteiger partial charge on any atom is -0.384 e. The highest BCUT2D eigenvalue weighted by molar-refractivity contribution is 7.09. The number of carbonyl (C=O) groups excluding carboxylic acids is 1. The van der Waals surface area contributed by atoms with E-state index in [9.17, 15) is 9.90 Å². The van der Waals surface area contributed by atoms with Crippen molar-refractivity contribution < 1.29 is 9.90 Å². The first-order valence-electron chi connectivity index (χ1n) is 6.75. The standard InChI is InChI=1S/C16H18ClNO2S/c1-16(20,12-4-6-13(17)7-5-12)11-18-15(19)9-8-14-3-2-10-21-14/h2-7,10,20H,8-9,11H2,1H3,(H,18,19). The fraction of sp³-hybridized carbons (Fsp3) is 0.312. The van der Waals surface area contributed by atoms with Crippen LogP contribution in [0.1, 0.15) is 23.8 Å². The molecule has 0 aliphatic heterocycles. The first-order valence-corrected chi connectivity index (χ1v) is 8.01. The summed E-state index contributed by atoms with van der Waals surface area (Å²) in [7, 11) is 0. The molecular weight excluding hydrogens is 306 g/mol. The largest absolute Gasteiger partial charge is 0.384 e. The fourth-order valence-electron chi connectivity index (χ4n) is 1.96. The van der Waals surface area contributed by atoms with Crippen LogP contribution in [0.2, 0.25) is 5.02 Å². The van der Waals surface area contributed by atoms with Gasteiger partial charge in [0.2, 0.25) is 5.91 Å². The molecule has 112 valence electrons. The Labute approximate surface area is 133 Å². The monoisotopic (exact) mass is 323 g/mol. The van der Waals surface area contributed by atoms with Gasteiger partial charge in [0, 0.05) is 16.3 Å². The van der Waals surface area contributed by atoms with Crippen LogP contribution in [-0.4, -0.2) is 17.6 Å². The molecule has 1 aromatic carbocycles. The Morgan fingerprint density at radius 3 is 2.67 bits per heavy atom. The molecule has 1 atom stereocenters. The molecular formula is C16H18ClNO2S. The number of rotatable bonds is 6. The summed E-state index contributed by atoms with van der Waals surface area (Å²) < 4.78 is 0. The van der Waals surface area contributed by atoms with E-state index in [1.54, 1.807) is 42.5 Å². The molecule has 5 heteroatoms. The van der Waals surface area contributed by atoms with E-state index in [4.69, 9.17) is 11.6 Å². The zero-order valence-corrected chi connectivity index (χ0v) is 13.4. The Morgan fingerprint density at radius 2 is 2.05 bits per heavy atom. The maximum Gasteiger partial charge on any atom is 0.220 e. The maximum atomic E-state index is 11.8. The van der Waals surface area contributed by atoms with Crippen molar-refractivity contribution in [3.05, 3.63) is 57.2 Å². The number of benzene rings is 1. The van der Waals surface area contributed by atoms with Crippen molar-refractivity contribution >= 4 is 28.8 Å². The molecule has 1 aromatic heterocycles. The predicted molar refractivity (Wildman–Crippen MR) is 86.7 cm³/mol. The summed E-state index contributed by atoms with van der Waals surface area (Å²) in [5, 5.41) is 15.8. The quantitative estimate of drug-likeness (QED) is 0.856. The lowest BCUT2D eigenvalue weighted by Gasteiger charge is -2.24. The summed E-state index contributed by atoms with van der Waals surface area (Å²) in [6.07, 6.45) is 1.16. The molecule has 0 saturated heterocycles. The van der Waals surface area contributed by atoms with Gasteiger partial charge in [-0.15, -0.1) is 11.3 Å². The lowest BCUT2D eigenvalue weighted by atomic mass is 9.96. The molecule has 1 unspecified atom stereocenters. The van der Waals surface area contributed by atoms with Crippen molar-refractivity contribution in [3.8, 4) is 0 Å². The Kier molecular flexibility index (Phi) is 5.39. The zero-order chi connectivity index (χ0) is 15.3. The van der Waals surface area contributed by atoms with E-state index in [1.807, 2.05) is 17.5 Å². The molecule has 1 amide bonds. The van der Waals surface area contributed by atoms with Gasteiger partial charge >= 0.3 is 0 Å². The third-order valence-electron chi connectivity index (χ3n) is 3.27. The number of aliphatic hydroxyl groups is 1. The van der Waals surface area contributed by atoms with Crippen LogP contribution in [0, 0.1) is 0 Å². The van der Waals surface area contributed by atoms with Crippen molar-refractivity contribution in [3.63, 3.8) is 0 Å². The van der Waals surface area contributed by atoms with Gasteiger partial charge in [-0.25, -0.2) is 0 Å². The van der Waals surface area contributed by atoms with Gasteiger partial charge in [-0.1, -0.05) is 29.8 Å². The molecule has 21 heavy (non-hydrogen) atoms. The van der Waals surface area contributed by atoms with E-state index in [-0.39, 0.29) is 12.5 Å². The molecule has 0 saturated carbocycles. The van der Waals surface area contributed by atoms with E-state index in [0.29, 0.717) is 11.4 Å². The van der Waals surface area contributed by atoms with Gasteiger partial charge in [-0.3, -0.25) is 4.79 Å². The highest BCUT2D eigenvalue weighted by atomic mass is 35.5. The second kappa shape index (κ2) is 7.07. The Balaban J connectivity index is 1.83. The molecule has 2 rings (SSSR count). The van der Waals surface area contributed by atoms with Crippen molar-refractivity contribution in [1.29, 1.82) is 0 Å². The average Bonchev–Trinajstić information content (AvgIpc) is 2.97. The van der Waals surface area contributed by atoms with Crippen LogP contribution in [0.5, 0.6) is 0 Å². The molecule has 2 aromatic rings. The van der Waals surface area contributed by atoms with Crippen LogP contribution in [-0.2, 0) is 16.8 Å². The first kappa shape index (κ1) is 16.0. The van der Waals surface area contributed by atoms with E-state index in [2.05, 4.69) is 5.32 Å². The van der Waals surface area contributed by atoms with Gasteiger partial charge in [0.05, 0.1) is 6.54 Å². The van der Waals surface area contributed by atoms with Gasteiger partial charge < -0.3 is 10.4 Å². The first-order chi connectivity index (χ1) is 9.97. The minimum atomic E-state index is -1.11. The number of hydrogen-bond donors (Lipinski definition) is 2. The van der Waals surface area contributed by atoms with Gasteiger partial charge in [-0.05, 0) is 42.5 Å². The van der Waals surface area contributed by atoms with Crippen LogP contribution in [0.25, 0.3) is 0 Å². The summed E-state index contributed by atoms with van der Waals surface area (Å²) in [5.41, 5.74) is -0.381. The highest BCUT2D eigenvalue weighted by Gasteiger charge is 2.23. The zero-order valence-electron chi connectivity index (χ0n) is 11.8. The number of thiophene rings is 1. The summed E-state index contributed by atoms with van der Waals surface area (Å²) >= 11 is 7.47. The topological polar surface area (TPSA) is 49.3 Å². The molecule has 0 fully saturated rings. The number of halogens is 1. The summed E-state index contributed by atoms with van der Waals surface area (Å²) in [6.45, 7) is 1.85. The predicted octanol–water partition coefficient (Wildman–Crippen LogP) is 3.36. The second-order valence-corrected chi connectivity index (χ2v) is 6.61. The van der Waals surface area contributed by atoms with E-state index in [0.717, 1.165) is 12.0 Å². The third kappa shape index (κ3) is 4.84. The Morgan fingerprint density at radius 1 is 1.33 bits per heavy atom. The number of hydrogen-bond acceptors (Lipinski definition) is 3. The number of aryl methyl sites for hydroxylation is 1. The average molecular weight is 324 g/mol. The van der Waals surface area contributed by atoms with Crippen molar-refractivity contribution in [2.45, 2.75) is 25.4 Å². The molecule has 3 nitrogen and oxygen atoms in total. The number of carbonyl (C=O) groups is 1. The van der Waals surface area contributed by atoms with Crippen LogP contribution in [0.3, 0.4) is 0 Å². The molecule has 0 aliphatic carbocycles. The Bertz CT molecular complexity index is 579. The molecule has 0 radical (unpaired) electrons. The molecule has 0 bridgehead atoms. The van der Waals surface area contributed by atoms with Gasteiger partial charge in [0.1, 0.15) is 5.60 Å². The van der Waals surface area contributed by atoms with E-state index >= 15 is 0 Å². The number of nitrogens with one attached hydrogen (secondary N) is 1. The summed E-state index contributed by atoms with van der Waals surface area (Å²) in [5.74, 6) is -0.0577. The summed E-state index contributed by atoms with van der Waals surface area (Å²) in [4.78, 5) is 13.0. The van der Waals surface area contributed by atoms with E-state index in [1.165, 1.54) is 4.88 Å². The highest BCUT2D eigenvalue weighted by Crippen LogP contribution is 2.21. The van der Waals surface area contributed by atoms with Gasteiger partial charge in [-0.2, -0.15) is 0 Å². The SMILES string of the molecule is CC(O)(CNC(=O)CCc1cccs1)c1ccc(Cl)cc1. The van der Waals surface area contributed by atoms with Crippen LogP contribution in [0.4, 0.5) is 0 Å². The second-order valence-electron chi connectivity index (χ2n) is 5.14. The van der Waals surface area contributed by atoms with Crippen molar-refractivity contribution in [2.75, 3.05) is 6.54 Å². The molecule has 2 N–H and O–H groups in total. The van der Waals surface area contributed by atoms with Crippen molar-refractivity contribution in [2.24, 2.45) is 0 Å². The normalized spacial score (nSPS) is 13.7. The van der Waals surface area contributed by atoms with Crippen LogP contribution < -0.4 is 5.32 Å². The minimum absolute atomic E-state index is 0.0577. The maximum absolute atomic E-state index is 11.8. The van der Waals surface area contributed by atoms with Crippen molar-refractivity contribution in [1.82, 2.24) is 5.32 Å². The van der Waals surface area contributed by atoms with Gasteiger partial charge in [0.25, 0.3) is 0 Å². The van der Waals surface area contributed by atoms with Crippen LogP contribution in [0.15, 0.2) is 41.8 Å². The lowest BCUT2D eigenvalue weighted by molar-refractivity contribution is -0.122. The van der Waals surface area contributed by atoms with E-state index < -0.39 is 5.60 Å². The molecule has 1 heterocycles. The van der Waals surface area contributed by atoms with Gasteiger partial charge in [0.15, 0.2) is 0 Å². The third-order valence-corrected chi connectivity index (χ3v) is 4.46. The summed E-state index contributed by atoms with van der Waals surface area (Å²) in [6, 6.07) is 11.0. The number of amides is 1.